The Kier molecular flexibility index (Phi) is 2.73. The molecule has 2 rings (SSSR count). The third-order valence-corrected chi connectivity index (χ3v) is 1.94. The molecule has 0 aliphatic rings. The molecule has 2 heterocycles. The van der Waals surface area contributed by atoms with Crippen LogP contribution in [0.5, 0.6) is 5.88 Å². The molecule has 2 N–H and O–H groups in total. The number of nitrogens with zero attached hydrogens (tertiary/aromatic N) is 1. The molecule has 80 valence electrons. The number of hydrogen-bond donors (Lipinski definition) is 1. The normalized spacial score (nSPS) is 10.5. The van der Waals surface area contributed by atoms with Crippen molar-refractivity contribution in [2.45, 2.75) is 6.42 Å². The van der Waals surface area contributed by atoms with Crippen LogP contribution in [0.15, 0.2) is 27.2 Å². The summed E-state index contributed by atoms with van der Waals surface area (Å²) >= 11 is 0. The summed E-state index contributed by atoms with van der Waals surface area (Å²) in [4.78, 5) is 4.15. The molecule has 15 heavy (non-hydrogen) atoms. The Labute approximate surface area is 86.8 Å². The molecule has 0 unspecified atom stereocenters. The van der Waals surface area contributed by atoms with E-state index in [1.54, 1.807) is 18.4 Å². The fourth-order valence-electron chi connectivity index (χ4n) is 1.28. The molecule has 0 fully saturated rings. The van der Waals surface area contributed by atoms with E-state index in [1.807, 2.05) is 0 Å². The lowest BCUT2D eigenvalue weighted by Crippen LogP contribution is -2.02. The Morgan fingerprint density at radius 3 is 3.00 bits per heavy atom. The van der Waals surface area contributed by atoms with Crippen LogP contribution < -0.4 is 10.5 Å². The first kappa shape index (κ1) is 9.79. The maximum absolute atomic E-state index is 5.48. The lowest BCUT2D eigenvalue weighted by molar-refractivity contribution is 0.395. The second-order valence-corrected chi connectivity index (χ2v) is 2.96. The molecule has 5 heteroatoms. The van der Waals surface area contributed by atoms with E-state index >= 15 is 0 Å². The first-order valence-electron chi connectivity index (χ1n) is 4.62. The SMILES string of the molecule is COc1nc(CCN)oc1-c1ccco1. The van der Waals surface area contributed by atoms with Gasteiger partial charge in [-0.15, -0.1) is 0 Å². The number of rotatable bonds is 4. The van der Waals surface area contributed by atoms with Gasteiger partial charge in [0.2, 0.25) is 5.76 Å². The van der Waals surface area contributed by atoms with Gasteiger partial charge in [0.15, 0.2) is 11.7 Å². The summed E-state index contributed by atoms with van der Waals surface area (Å²) in [5.41, 5.74) is 5.42. The molecule has 0 aliphatic carbocycles. The summed E-state index contributed by atoms with van der Waals surface area (Å²) in [5.74, 6) is 2.09. The van der Waals surface area contributed by atoms with Gasteiger partial charge >= 0.3 is 0 Å². The highest BCUT2D eigenvalue weighted by molar-refractivity contribution is 5.56. The molecule has 0 aliphatic heterocycles. The van der Waals surface area contributed by atoms with Crippen LogP contribution in [0, 0.1) is 0 Å². The van der Waals surface area contributed by atoms with E-state index in [1.165, 1.54) is 7.11 Å². The number of ether oxygens (including phenoxy) is 1. The van der Waals surface area contributed by atoms with E-state index in [0.29, 0.717) is 36.3 Å². The van der Waals surface area contributed by atoms with Gasteiger partial charge in [-0.3, -0.25) is 0 Å². The van der Waals surface area contributed by atoms with Gasteiger partial charge < -0.3 is 19.3 Å². The van der Waals surface area contributed by atoms with Crippen molar-refractivity contribution < 1.29 is 13.6 Å². The van der Waals surface area contributed by atoms with E-state index in [-0.39, 0.29) is 0 Å². The molecule has 0 saturated heterocycles. The second kappa shape index (κ2) is 4.18. The van der Waals surface area contributed by atoms with Crippen LogP contribution in [0.2, 0.25) is 0 Å². The van der Waals surface area contributed by atoms with E-state index in [4.69, 9.17) is 19.3 Å². The molecular formula is C10H12N2O3. The molecule has 0 atom stereocenters. The van der Waals surface area contributed by atoms with Crippen molar-refractivity contribution in [3.8, 4) is 17.4 Å². The van der Waals surface area contributed by atoms with Gasteiger partial charge in [0.25, 0.3) is 5.88 Å². The molecule has 2 aromatic heterocycles. The molecule has 0 aromatic carbocycles. The monoisotopic (exact) mass is 208 g/mol. The number of furan rings is 1. The Bertz CT molecular complexity index is 420. The maximum Gasteiger partial charge on any atom is 0.264 e. The number of methoxy groups -OCH3 is 1. The summed E-state index contributed by atoms with van der Waals surface area (Å²) in [6.07, 6.45) is 2.15. The molecule has 2 aromatic rings. The maximum atomic E-state index is 5.48. The van der Waals surface area contributed by atoms with Gasteiger partial charge in [-0.2, -0.15) is 4.98 Å². The zero-order valence-corrected chi connectivity index (χ0v) is 8.40. The van der Waals surface area contributed by atoms with E-state index in [9.17, 15) is 0 Å². The van der Waals surface area contributed by atoms with Crippen molar-refractivity contribution >= 4 is 0 Å². The average Bonchev–Trinajstić information content (AvgIpc) is 2.84. The third-order valence-electron chi connectivity index (χ3n) is 1.94. The summed E-state index contributed by atoms with van der Waals surface area (Å²) in [5, 5.41) is 0. The lowest BCUT2D eigenvalue weighted by atomic mass is 10.4. The van der Waals surface area contributed by atoms with Crippen molar-refractivity contribution in [1.29, 1.82) is 0 Å². The summed E-state index contributed by atoms with van der Waals surface area (Å²) < 4.78 is 15.8. The van der Waals surface area contributed by atoms with Crippen molar-refractivity contribution in [2.24, 2.45) is 5.73 Å². The largest absolute Gasteiger partial charge is 0.478 e. The highest BCUT2D eigenvalue weighted by Gasteiger charge is 2.17. The Balaban J connectivity index is 2.37. The van der Waals surface area contributed by atoms with Crippen molar-refractivity contribution in [2.75, 3.05) is 13.7 Å². The zero-order valence-electron chi connectivity index (χ0n) is 8.40. The fourth-order valence-corrected chi connectivity index (χ4v) is 1.28. The van der Waals surface area contributed by atoms with E-state index < -0.39 is 0 Å². The van der Waals surface area contributed by atoms with Gasteiger partial charge in [-0.1, -0.05) is 0 Å². The average molecular weight is 208 g/mol. The first-order chi connectivity index (χ1) is 7.35. The number of aromatic nitrogens is 1. The summed E-state index contributed by atoms with van der Waals surface area (Å²) in [7, 11) is 1.54. The van der Waals surface area contributed by atoms with Crippen LogP contribution >= 0.6 is 0 Å². The van der Waals surface area contributed by atoms with E-state index in [2.05, 4.69) is 4.98 Å². The molecule has 0 bridgehead atoms. The van der Waals surface area contributed by atoms with Gasteiger partial charge in [0, 0.05) is 13.0 Å². The topological polar surface area (TPSA) is 74.4 Å². The van der Waals surface area contributed by atoms with Gasteiger partial charge in [0.05, 0.1) is 13.4 Å². The van der Waals surface area contributed by atoms with Gasteiger partial charge in [-0.25, -0.2) is 0 Å². The minimum Gasteiger partial charge on any atom is -0.478 e. The number of nitrogens with two attached hydrogens (primary N) is 1. The molecule has 5 nitrogen and oxygen atoms in total. The minimum absolute atomic E-state index is 0.424. The molecular weight excluding hydrogens is 196 g/mol. The third kappa shape index (κ3) is 1.87. The Morgan fingerprint density at radius 2 is 2.40 bits per heavy atom. The van der Waals surface area contributed by atoms with Gasteiger partial charge in [-0.05, 0) is 12.1 Å². The van der Waals surface area contributed by atoms with Gasteiger partial charge in [0.1, 0.15) is 0 Å². The Hall–Kier alpha value is -1.75. The van der Waals surface area contributed by atoms with Crippen molar-refractivity contribution in [1.82, 2.24) is 4.98 Å². The summed E-state index contributed by atoms with van der Waals surface area (Å²) in [6, 6.07) is 3.56. The molecule has 0 radical (unpaired) electrons. The zero-order chi connectivity index (χ0) is 10.7. The molecule has 0 amide bonds. The predicted molar refractivity (Wildman–Crippen MR) is 53.5 cm³/mol. The number of hydrogen-bond acceptors (Lipinski definition) is 5. The van der Waals surface area contributed by atoms with E-state index in [0.717, 1.165) is 0 Å². The highest BCUT2D eigenvalue weighted by Crippen LogP contribution is 2.30. The summed E-state index contributed by atoms with van der Waals surface area (Å²) in [6.45, 7) is 0.487. The van der Waals surface area contributed by atoms with Crippen LogP contribution in [0.3, 0.4) is 0 Å². The minimum atomic E-state index is 0.424. The van der Waals surface area contributed by atoms with Crippen LogP contribution in [0.25, 0.3) is 11.5 Å². The second-order valence-electron chi connectivity index (χ2n) is 2.96. The van der Waals surface area contributed by atoms with Crippen molar-refractivity contribution in [3.05, 3.63) is 24.3 Å². The van der Waals surface area contributed by atoms with Crippen LogP contribution in [0.4, 0.5) is 0 Å². The standard InChI is InChI=1S/C10H12N2O3/c1-13-10-9(7-3-2-6-14-7)15-8(12-10)4-5-11/h2-3,6H,4-5,11H2,1H3. The van der Waals surface area contributed by atoms with Crippen molar-refractivity contribution in [3.63, 3.8) is 0 Å². The van der Waals surface area contributed by atoms with Crippen LogP contribution in [-0.2, 0) is 6.42 Å². The number of oxazole rings is 1. The Morgan fingerprint density at radius 1 is 1.53 bits per heavy atom. The van der Waals surface area contributed by atoms with Crippen LogP contribution in [-0.4, -0.2) is 18.6 Å². The lowest BCUT2D eigenvalue weighted by Gasteiger charge is -1.93. The fraction of sp³-hybridized carbons (Fsp3) is 0.300. The molecule has 0 saturated carbocycles. The first-order valence-corrected chi connectivity index (χ1v) is 4.62. The quantitative estimate of drug-likeness (QED) is 0.822. The predicted octanol–water partition coefficient (Wildman–Crippen LogP) is 1.44. The highest BCUT2D eigenvalue weighted by atomic mass is 16.5. The van der Waals surface area contributed by atoms with Crippen LogP contribution in [0.1, 0.15) is 5.89 Å². The molecule has 0 spiro atoms. The smallest absolute Gasteiger partial charge is 0.264 e.